The number of benzene rings is 1. The Hall–Kier alpha value is -1.10. The average Bonchev–Trinajstić information content (AvgIpc) is 2.49. The molecule has 0 aromatic heterocycles. The first-order valence-corrected chi connectivity index (χ1v) is 8.06. The average molecular weight is 290 g/mol. The van der Waals surface area contributed by atoms with E-state index in [0.29, 0.717) is 12.6 Å². The third-order valence-electron chi connectivity index (χ3n) is 4.38. The monoisotopic (exact) mass is 290 g/mol. The number of rotatable bonds is 6. The molecule has 0 spiro atoms. The predicted molar refractivity (Wildman–Crippen MR) is 90.8 cm³/mol. The molecule has 118 valence electrons. The second kappa shape index (κ2) is 7.78. The van der Waals surface area contributed by atoms with Gasteiger partial charge >= 0.3 is 0 Å². The zero-order valence-corrected chi connectivity index (χ0v) is 13.8. The highest BCUT2D eigenvalue weighted by molar-refractivity contribution is 5.48. The summed E-state index contributed by atoms with van der Waals surface area (Å²) in [4.78, 5) is 7.46. The van der Waals surface area contributed by atoms with Crippen LogP contribution in [0.25, 0.3) is 0 Å². The Labute approximate surface area is 129 Å². The van der Waals surface area contributed by atoms with Crippen LogP contribution in [0.1, 0.15) is 19.4 Å². The molecule has 4 nitrogen and oxygen atoms in total. The van der Waals surface area contributed by atoms with Gasteiger partial charge in [0.1, 0.15) is 0 Å². The SMILES string of the molecule is CC(C)N(CCN1CCN(C)CC1)c1ccc(CN)cc1. The molecule has 0 unspecified atom stereocenters. The summed E-state index contributed by atoms with van der Waals surface area (Å²) in [6.45, 7) is 12.1. The largest absolute Gasteiger partial charge is 0.368 e. The summed E-state index contributed by atoms with van der Waals surface area (Å²) in [5.74, 6) is 0. The summed E-state index contributed by atoms with van der Waals surface area (Å²) in [5, 5.41) is 0. The van der Waals surface area contributed by atoms with Crippen molar-refractivity contribution < 1.29 is 0 Å². The van der Waals surface area contributed by atoms with Gasteiger partial charge in [-0.05, 0) is 38.6 Å². The van der Waals surface area contributed by atoms with E-state index in [4.69, 9.17) is 5.73 Å². The van der Waals surface area contributed by atoms with E-state index in [2.05, 4.69) is 59.9 Å². The van der Waals surface area contributed by atoms with Crippen LogP contribution in [0.4, 0.5) is 5.69 Å². The minimum absolute atomic E-state index is 0.515. The summed E-state index contributed by atoms with van der Waals surface area (Å²) in [5.41, 5.74) is 8.18. The first kappa shape index (κ1) is 16.3. The van der Waals surface area contributed by atoms with Crippen molar-refractivity contribution >= 4 is 5.69 Å². The highest BCUT2D eigenvalue weighted by Gasteiger charge is 2.16. The van der Waals surface area contributed by atoms with Gasteiger partial charge in [0.05, 0.1) is 0 Å². The van der Waals surface area contributed by atoms with Crippen LogP contribution in [0.2, 0.25) is 0 Å². The van der Waals surface area contributed by atoms with Crippen molar-refractivity contribution in [3.05, 3.63) is 29.8 Å². The number of likely N-dealkylation sites (N-methyl/N-ethyl adjacent to an activating group) is 1. The van der Waals surface area contributed by atoms with Crippen molar-refractivity contribution in [2.24, 2.45) is 5.73 Å². The van der Waals surface area contributed by atoms with Gasteiger partial charge in [0, 0.05) is 57.5 Å². The molecule has 0 amide bonds. The second-order valence-corrected chi connectivity index (χ2v) is 6.30. The lowest BCUT2D eigenvalue weighted by Crippen LogP contribution is -2.47. The number of nitrogens with zero attached hydrogens (tertiary/aromatic N) is 3. The number of anilines is 1. The van der Waals surface area contributed by atoms with Gasteiger partial charge in [-0.25, -0.2) is 0 Å². The van der Waals surface area contributed by atoms with Gasteiger partial charge in [0.2, 0.25) is 0 Å². The standard InChI is InChI=1S/C17H30N4/c1-15(2)21(17-6-4-16(14-18)5-7-17)13-12-20-10-8-19(3)9-11-20/h4-7,15H,8-14,18H2,1-3H3. The molecular weight excluding hydrogens is 260 g/mol. The van der Waals surface area contributed by atoms with Crippen LogP contribution >= 0.6 is 0 Å². The van der Waals surface area contributed by atoms with E-state index >= 15 is 0 Å². The molecule has 0 atom stereocenters. The molecule has 1 aromatic carbocycles. The molecule has 1 aliphatic heterocycles. The number of nitrogens with two attached hydrogens (primary N) is 1. The Bertz CT molecular complexity index is 407. The number of hydrogen-bond donors (Lipinski definition) is 1. The van der Waals surface area contributed by atoms with Crippen LogP contribution in [-0.4, -0.2) is 62.2 Å². The van der Waals surface area contributed by atoms with Crippen molar-refractivity contribution in [2.75, 3.05) is 51.2 Å². The molecule has 1 heterocycles. The van der Waals surface area contributed by atoms with Crippen LogP contribution in [0, 0.1) is 0 Å². The molecule has 1 aliphatic rings. The maximum Gasteiger partial charge on any atom is 0.0369 e. The lowest BCUT2D eigenvalue weighted by Gasteiger charge is -2.36. The van der Waals surface area contributed by atoms with Gasteiger partial charge in [-0.3, -0.25) is 4.90 Å². The third-order valence-corrected chi connectivity index (χ3v) is 4.38. The van der Waals surface area contributed by atoms with E-state index in [9.17, 15) is 0 Å². The summed E-state index contributed by atoms with van der Waals surface area (Å²) < 4.78 is 0. The van der Waals surface area contributed by atoms with Gasteiger partial charge in [-0.1, -0.05) is 12.1 Å². The second-order valence-electron chi connectivity index (χ2n) is 6.30. The van der Waals surface area contributed by atoms with E-state index in [0.717, 1.165) is 13.1 Å². The van der Waals surface area contributed by atoms with Gasteiger partial charge < -0.3 is 15.5 Å². The maximum atomic E-state index is 5.68. The quantitative estimate of drug-likeness (QED) is 0.863. The van der Waals surface area contributed by atoms with Crippen LogP contribution < -0.4 is 10.6 Å². The van der Waals surface area contributed by atoms with Gasteiger partial charge in [0.25, 0.3) is 0 Å². The van der Waals surface area contributed by atoms with Crippen molar-refractivity contribution in [3.8, 4) is 0 Å². The van der Waals surface area contributed by atoms with E-state index in [1.807, 2.05) is 0 Å². The summed E-state index contributed by atoms with van der Waals surface area (Å²) in [7, 11) is 2.21. The lowest BCUT2D eigenvalue weighted by molar-refractivity contribution is 0.156. The van der Waals surface area contributed by atoms with Crippen LogP contribution in [0.5, 0.6) is 0 Å². The zero-order chi connectivity index (χ0) is 15.2. The molecule has 2 rings (SSSR count). The summed E-state index contributed by atoms with van der Waals surface area (Å²) >= 11 is 0. The topological polar surface area (TPSA) is 35.7 Å². The van der Waals surface area contributed by atoms with Crippen molar-refractivity contribution in [1.29, 1.82) is 0 Å². The molecule has 0 radical (unpaired) electrons. The molecule has 0 bridgehead atoms. The highest BCUT2D eigenvalue weighted by atomic mass is 15.3. The molecule has 4 heteroatoms. The van der Waals surface area contributed by atoms with Crippen molar-refractivity contribution in [2.45, 2.75) is 26.4 Å². The van der Waals surface area contributed by atoms with Crippen LogP contribution in [0.3, 0.4) is 0 Å². The number of hydrogen-bond acceptors (Lipinski definition) is 4. The van der Waals surface area contributed by atoms with E-state index < -0.39 is 0 Å². The third kappa shape index (κ3) is 4.70. The molecule has 2 N–H and O–H groups in total. The van der Waals surface area contributed by atoms with Gasteiger partial charge in [0.15, 0.2) is 0 Å². The Morgan fingerprint density at radius 2 is 1.71 bits per heavy atom. The fourth-order valence-electron chi connectivity index (χ4n) is 2.83. The smallest absolute Gasteiger partial charge is 0.0369 e. The zero-order valence-electron chi connectivity index (χ0n) is 13.8. The first-order chi connectivity index (χ1) is 10.1. The van der Waals surface area contributed by atoms with Crippen LogP contribution in [0.15, 0.2) is 24.3 Å². The molecule has 1 aromatic rings. The van der Waals surface area contributed by atoms with E-state index in [1.54, 1.807) is 0 Å². The fraction of sp³-hybridized carbons (Fsp3) is 0.647. The minimum atomic E-state index is 0.515. The van der Waals surface area contributed by atoms with Gasteiger partial charge in [-0.15, -0.1) is 0 Å². The molecule has 1 fully saturated rings. The lowest BCUT2D eigenvalue weighted by atomic mass is 10.1. The fourth-order valence-corrected chi connectivity index (χ4v) is 2.83. The van der Waals surface area contributed by atoms with Crippen LogP contribution in [-0.2, 0) is 6.54 Å². The Morgan fingerprint density at radius 1 is 1.10 bits per heavy atom. The molecule has 0 aliphatic carbocycles. The summed E-state index contributed by atoms with van der Waals surface area (Å²) in [6, 6.07) is 9.20. The van der Waals surface area contributed by atoms with Gasteiger partial charge in [-0.2, -0.15) is 0 Å². The van der Waals surface area contributed by atoms with E-state index in [-0.39, 0.29) is 0 Å². The molecular formula is C17H30N4. The van der Waals surface area contributed by atoms with Crippen molar-refractivity contribution in [1.82, 2.24) is 9.80 Å². The predicted octanol–water partition coefficient (Wildman–Crippen LogP) is 1.61. The summed E-state index contributed by atoms with van der Waals surface area (Å²) in [6.07, 6.45) is 0. The highest BCUT2D eigenvalue weighted by Crippen LogP contribution is 2.18. The van der Waals surface area contributed by atoms with E-state index in [1.165, 1.54) is 37.4 Å². The Balaban J connectivity index is 1.92. The first-order valence-electron chi connectivity index (χ1n) is 8.06. The Kier molecular flexibility index (Phi) is 6.03. The Morgan fingerprint density at radius 3 is 2.24 bits per heavy atom. The minimum Gasteiger partial charge on any atom is -0.368 e. The molecule has 0 saturated carbocycles. The normalized spacial score (nSPS) is 17.4. The maximum absolute atomic E-state index is 5.68. The number of piperazine rings is 1. The molecule has 21 heavy (non-hydrogen) atoms. The molecule has 1 saturated heterocycles. The van der Waals surface area contributed by atoms with Crippen molar-refractivity contribution in [3.63, 3.8) is 0 Å².